The third-order valence-electron chi connectivity index (χ3n) is 2.65. The first-order chi connectivity index (χ1) is 7.15. The lowest BCUT2D eigenvalue weighted by atomic mass is 10.0. The molecule has 84 valence electrons. The Morgan fingerprint density at radius 3 is 2.27 bits per heavy atom. The number of aliphatic hydroxyl groups excluding tert-OH is 1. The summed E-state index contributed by atoms with van der Waals surface area (Å²) in [6, 6.07) is 8.64. The second-order valence-electron chi connectivity index (χ2n) is 4.24. The maximum Gasteiger partial charge on any atom is 0.0447 e. The van der Waals surface area contributed by atoms with Gasteiger partial charge in [-0.1, -0.05) is 26.0 Å². The topological polar surface area (TPSA) is 23.5 Å². The van der Waals surface area contributed by atoms with Crippen molar-refractivity contribution in [2.45, 2.75) is 26.2 Å². The molecule has 0 aliphatic heterocycles. The maximum absolute atomic E-state index is 8.75. The average Bonchev–Trinajstić information content (AvgIpc) is 2.26. The number of anilines is 1. The van der Waals surface area contributed by atoms with E-state index in [1.54, 1.807) is 0 Å². The summed E-state index contributed by atoms with van der Waals surface area (Å²) in [6.45, 7) is 5.56. The Bertz CT molecular complexity index is 279. The van der Waals surface area contributed by atoms with Gasteiger partial charge in [-0.05, 0) is 30.0 Å². The summed E-state index contributed by atoms with van der Waals surface area (Å²) in [4.78, 5) is 2.17. The van der Waals surface area contributed by atoms with Gasteiger partial charge in [0.25, 0.3) is 0 Å². The summed E-state index contributed by atoms with van der Waals surface area (Å²) in [5.41, 5.74) is 2.59. The molecule has 0 aliphatic rings. The summed E-state index contributed by atoms with van der Waals surface area (Å²) < 4.78 is 0. The molecule has 0 saturated carbocycles. The van der Waals surface area contributed by atoms with Crippen molar-refractivity contribution >= 4 is 5.69 Å². The van der Waals surface area contributed by atoms with E-state index in [1.165, 1.54) is 11.3 Å². The van der Waals surface area contributed by atoms with Crippen molar-refractivity contribution in [1.82, 2.24) is 0 Å². The van der Waals surface area contributed by atoms with Crippen LogP contribution in [0.25, 0.3) is 0 Å². The Kier molecular flexibility index (Phi) is 4.63. The van der Waals surface area contributed by atoms with Crippen LogP contribution in [0.4, 0.5) is 5.69 Å². The lowest BCUT2D eigenvalue weighted by Gasteiger charge is -2.19. The number of hydrogen-bond donors (Lipinski definition) is 1. The van der Waals surface area contributed by atoms with Gasteiger partial charge in [-0.25, -0.2) is 0 Å². The molecule has 1 N–H and O–H groups in total. The summed E-state index contributed by atoms with van der Waals surface area (Å²) in [6.07, 6.45) is 0.822. The Morgan fingerprint density at radius 1 is 1.20 bits per heavy atom. The zero-order chi connectivity index (χ0) is 11.3. The van der Waals surface area contributed by atoms with E-state index >= 15 is 0 Å². The van der Waals surface area contributed by atoms with Crippen LogP contribution in [0.15, 0.2) is 24.3 Å². The molecule has 1 aromatic rings. The fourth-order valence-electron chi connectivity index (χ4n) is 1.55. The van der Waals surface area contributed by atoms with Crippen LogP contribution in [-0.2, 0) is 0 Å². The van der Waals surface area contributed by atoms with E-state index in [-0.39, 0.29) is 6.61 Å². The van der Waals surface area contributed by atoms with Crippen molar-refractivity contribution < 1.29 is 5.11 Å². The van der Waals surface area contributed by atoms with E-state index in [9.17, 15) is 0 Å². The van der Waals surface area contributed by atoms with Gasteiger partial charge in [0.1, 0.15) is 0 Å². The van der Waals surface area contributed by atoms with E-state index in [1.807, 2.05) is 0 Å². The minimum absolute atomic E-state index is 0.258. The van der Waals surface area contributed by atoms with Gasteiger partial charge in [0.15, 0.2) is 0 Å². The minimum atomic E-state index is 0.258. The van der Waals surface area contributed by atoms with Crippen LogP contribution < -0.4 is 4.90 Å². The molecule has 1 rings (SSSR count). The monoisotopic (exact) mass is 207 g/mol. The van der Waals surface area contributed by atoms with Crippen molar-refractivity contribution in [2.75, 3.05) is 25.1 Å². The third-order valence-corrected chi connectivity index (χ3v) is 2.65. The molecule has 0 fully saturated rings. The number of aliphatic hydroxyl groups is 1. The molecule has 0 bridgehead atoms. The zero-order valence-electron chi connectivity index (χ0n) is 9.90. The van der Waals surface area contributed by atoms with E-state index in [4.69, 9.17) is 5.11 Å². The number of hydrogen-bond acceptors (Lipinski definition) is 2. The molecule has 2 heteroatoms. The van der Waals surface area contributed by atoms with Gasteiger partial charge in [-0.3, -0.25) is 0 Å². The van der Waals surface area contributed by atoms with Crippen LogP contribution in [0.5, 0.6) is 0 Å². The standard InChI is InChI=1S/C13H21NO/c1-11(2)12-5-7-13(8-6-12)14(3)9-4-10-15/h5-8,11,15H,4,9-10H2,1-3H3. The second-order valence-corrected chi connectivity index (χ2v) is 4.24. The van der Waals surface area contributed by atoms with Gasteiger partial charge in [0.05, 0.1) is 0 Å². The first-order valence-corrected chi connectivity index (χ1v) is 5.57. The molecule has 0 amide bonds. The normalized spacial score (nSPS) is 10.7. The SMILES string of the molecule is CC(C)c1ccc(N(C)CCCO)cc1. The minimum Gasteiger partial charge on any atom is -0.396 e. The first-order valence-electron chi connectivity index (χ1n) is 5.57. The van der Waals surface area contributed by atoms with Crippen molar-refractivity contribution in [2.24, 2.45) is 0 Å². The highest BCUT2D eigenvalue weighted by Crippen LogP contribution is 2.19. The van der Waals surface area contributed by atoms with Gasteiger partial charge in [-0.15, -0.1) is 0 Å². The lowest BCUT2D eigenvalue weighted by molar-refractivity contribution is 0.290. The van der Waals surface area contributed by atoms with Crippen LogP contribution in [0.1, 0.15) is 31.7 Å². The van der Waals surface area contributed by atoms with Crippen LogP contribution in [0.3, 0.4) is 0 Å². The molecule has 15 heavy (non-hydrogen) atoms. The van der Waals surface area contributed by atoms with Crippen molar-refractivity contribution in [1.29, 1.82) is 0 Å². The average molecular weight is 207 g/mol. The Morgan fingerprint density at radius 2 is 1.80 bits per heavy atom. The molecule has 1 aromatic carbocycles. The molecular formula is C13H21NO. The molecule has 0 atom stereocenters. The summed E-state index contributed by atoms with van der Waals surface area (Å²) in [7, 11) is 2.06. The van der Waals surface area contributed by atoms with E-state index in [0.717, 1.165) is 13.0 Å². The van der Waals surface area contributed by atoms with E-state index in [0.29, 0.717) is 5.92 Å². The predicted molar refractivity (Wildman–Crippen MR) is 65.5 cm³/mol. The fraction of sp³-hybridized carbons (Fsp3) is 0.538. The smallest absolute Gasteiger partial charge is 0.0447 e. The van der Waals surface area contributed by atoms with Crippen molar-refractivity contribution in [3.63, 3.8) is 0 Å². The second kappa shape index (κ2) is 5.76. The molecule has 0 aromatic heterocycles. The highest BCUT2D eigenvalue weighted by molar-refractivity contribution is 5.47. The molecular weight excluding hydrogens is 186 g/mol. The molecule has 0 aliphatic carbocycles. The molecule has 0 radical (unpaired) electrons. The van der Waals surface area contributed by atoms with Crippen molar-refractivity contribution in [3.05, 3.63) is 29.8 Å². The maximum atomic E-state index is 8.75. The highest BCUT2D eigenvalue weighted by atomic mass is 16.3. The highest BCUT2D eigenvalue weighted by Gasteiger charge is 2.02. The van der Waals surface area contributed by atoms with Gasteiger partial charge >= 0.3 is 0 Å². The Balaban J connectivity index is 2.62. The Hall–Kier alpha value is -1.02. The molecule has 0 saturated heterocycles. The molecule has 0 heterocycles. The Labute approximate surface area is 92.5 Å². The lowest BCUT2D eigenvalue weighted by Crippen LogP contribution is -2.19. The predicted octanol–water partition coefficient (Wildman–Crippen LogP) is 2.63. The largest absolute Gasteiger partial charge is 0.396 e. The number of rotatable bonds is 5. The summed E-state index contributed by atoms with van der Waals surface area (Å²) in [5, 5.41) is 8.75. The number of benzene rings is 1. The van der Waals surface area contributed by atoms with Gasteiger partial charge in [-0.2, -0.15) is 0 Å². The summed E-state index contributed by atoms with van der Waals surface area (Å²) >= 11 is 0. The molecule has 0 spiro atoms. The van der Waals surface area contributed by atoms with E-state index in [2.05, 4.69) is 50.1 Å². The molecule has 0 unspecified atom stereocenters. The van der Waals surface area contributed by atoms with Gasteiger partial charge in [0, 0.05) is 25.9 Å². The fourth-order valence-corrected chi connectivity index (χ4v) is 1.55. The first kappa shape index (κ1) is 12.1. The number of nitrogens with zero attached hydrogens (tertiary/aromatic N) is 1. The van der Waals surface area contributed by atoms with Crippen LogP contribution >= 0.6 is 0 Å². The van der Waals surface area contributed by atoms with Gasteiger partial charge < -0.3 is 10.0 Å². The van der Waals surface area contributed by atoms with Gasteiger partial charge in [0.2, 0.25) is 0 Å². The molecule has 2 nitrogen and oxygen atoms in total. The van der Waals surface area contributed by atoms with Crippen LogP contribution in [0, 0.1) is 0 Å². The zero-order valence-corrected chi connectivity index (χ0v) is 9.90. The third kappa shape index (κ3) is 3.56. The quantitative estimate of drug-likeness (QED) is 0.802. The summed E-state index contributed by atoms with van der Waals surface area (Å²) in [5.74, 6) is 0.585. The van der Waals surface area contributed by atoms with E-state index < -0.39 is 0 Å². The van der Waals surface area contributed by atoms with Crippen LogP contribution in [-0.4, -0.2) is 25.3 Å². The van der Waals surface area contributed by atoms with Crippen LogP contribution in [0.2, 0.25) is 0 Å². The van der Waals surface area contributed by atoms with Crippen molar-refractivity contribution in [3.8, 4) is 0 Å².